The Morgan fingerprint density at radius 1 is 1.09 bits per heavy atom. The minimum Gasteiger partial charge on any atom is -0.357 e. The van der Waals surface area contributed by atoms with Crippen LogP contribution in [-0.2, 0) is 4.79 Å². The lowest BCUT2D eigenvalue weighted by atomic mass is 9.88. The number of para-hydroxylation sites is 2. The molecular formula is C26H25N3O2S. The molecule has 2 amide bonds. The summed E-state index contributed by atoms with van der Waals surface area (Å²) >= 11 is 1.57. The molecule has 162 valence electrons. The molecule has 1 atom stereocenters. The number of rotatable bonds is 2. The number of anilines is 3. The van der Waals surface area contributed by atoms with Crippen molar-refractivity contribution in [3.8, 4) is 0 Å². The summed E-state index contributed by atoms with van der Waals surface area (Å²) in [4.78, 5) is 29.8. The molecule has 0 saturated carbocycles. The van der Waals surface area contributed by atoms with Crippen LogP contribution in [0.1, 0.15) is 41.3 Å². The molecule has 1 aromatic heterocycles. The molecule has 0 spiro atoms. The number of Topliss-reactive ketones (excluding diaryl/α,β-unsaturated/α-hetero) is 1. The zero-order valence-corrected chi connectivity index (χ0v) is 19.0. The lowest BCUT2D eigenvalue weighted by Gasteiger charge is -2.33. The number of carbonyl (C=O) groups is 2. The zero-order valence-electron chi connectivity index (χ0n) is 18.1. The predicted molar refractivity (Wildman–Crippen MR) is 130 cm³/mol. The van der Waals surface area contributed by atoms with E-state index in [1.165, 1.54) is 0 Å². The van der Waals surface area contributed by atoms with Gasteiger partial charge in [-0.1, -0.05) is 30.3 Å². The fraction of sp³-hybridized carbons (Fsp3) is 0.231. The largest absolute Gasteiger partial charge is 0.357 e. The van der Waals surface area contributed by atoms with Gasteiger partial charge < -0.3 is 10.6 Å². The summed E-state index contributed by atoms with van der Waals surface area (Å²) in [6.45, 7) is 3.99. The first-order valence-corrected chi connectivity index (χ1v) is 11.7. The van der Waals surface area contributed by atoms with E-state index in [1.54, 1.807) is 16.2 Å². The molecular weight excluding hydrogens is 418 g/mol. The summed E-state index contributed by atoms with van der Waals surface area (Å²) in [6, 6.07) is 17.0. The summed E-state index contributed by atoms with van der Waals surface area (Å²) in [5.74, 6) is 0.106. The van der Waals surface area contributed by atoms with Crippen molar-refractivity contribution in [1.82, 2.24) is 0 Å². The SMILES string of the molecule is Cc1ccc(C)c(NC(=O)N2c3ccccc3NC3=C(C(=O)CCC3)C2c2cccs2)c1. The van der Waals surface area contributed by atoms with Gasteiger partial charge in [-0.25, -0.2) is 4.79 Å². The molecule has 2 aromatic carbocycles. The van der Waals surface area contributed by atoms with Crippen LogP contribution in [0.5, 0.6) is 0 Å². The summed E-state index contributed by atoms with van der Waals surface area (Å²) in [5, 5.41) is 8.61. The van der Waals surface area contributed by atoms with E-state index >= 15 is 0 Å². The van der Waals surface area contributed by atoms with Crippen LogP contribution in [0.2, 0.25) is 0 Å². The topological polar surface area (TPSA) is 61.4 Å². The van der Waals surface area contributed by atoms with Gasteiger partial charge in [0.05, 0.1) is 11.4 Å². The lowest BCUT2D eigenvalue weighted by molar-refractivity contribution is -0.116. The second-order valence-corrected chi connectivity index (χ2v) is 9.33. The van der Waals surface area contributed by atoms with Gasteiger partial charge in [0.2, 0.25) is 0 Å². The van der Waals surface area contributed by atoms with Crippen molar-refractivity contribution in [2.45, 2.75) is 39.2 Å². The Hall–Kier alpha value is -3.38. The first kappa shape index (κ1) is 20.5. The van der Waals surface area contributed by atoms with Crippen molar-refractivity contribution < 1.29 is 9.59 Å². The highest BCUT2D eigenvalue weighted by molar-refractivity contribution is 7.10. The monoisotopic (exact) mass is 443 g/mol. The van der Waals surface area contributed by atoms with E-state index in [0.717, 1.165) is 51.6 Å². The summed E-state index contributed by atoms with van der Waals surface area (Å²) in [7, 11) is 0. The molecule has 1 aliphatic carbocycles. The number of hydrogen-bond donors (Lipinski definition) is 2. The summed E-state index contributed by atoms with van der Waals surface area (Å²) in [6.07, 6.45) is 2.12. The number of ketones is 1. The number of hydrogen-bond acceptors (Lipinski definition) is 4. The number of allylic oxidation sites excluding steroid dienone is 1. The standard InChI is InChI=1S/C26H25N3O2S/c1-16-12-13-17(2)20(15-16)28-26(31)29-21-9-4-3-7-18(21)27-19-8-5-10-22(30)24(19)25(29)23-11-6-14-32-23/h3-4,6-7,9,11-15,25,27H,5,8,10H2,1-2H3,(H,28,31). The third-order valence-electron chi connectivity index (χ3n) is 6.10. The molecule has 2 aliphatic rings. The van der Waals surface area contributed by atoms with Crippen molar-refractivity contribution in [3.05, 3.63) is 87.3 Å². The second-order valence-electron chi connectivity index (χ2n) is 8.35. The number of thiophene rings is 1. The Kier molecular flexibility index (Phi) is 5.31. The number of amides is 2. The molecule has 0 bridgehead atoms. The van der Waals surface area contributed by atoms with Gasteiger partial charge in [-0.3, -0.25) is 9.69 Å². The smallest absolute Gasteiger partial charge is 0.327 e. The maximum Gasteiger partial charge on any atom is 0.327 e. The molecule has 2 heterocycles. The van der Waals surface area contributed by atoms with Gasteiger partial charge in [-0.15, -0.1) is 11.3 Å². The van der Waals surface area contributed by atoms with Crippen molar-refractivity contribution in [1.29, 1.82) is 0 Å². The van der Waals surface area contributed by atoms with E-state index in [1.807, 2.05) is 73.8 Å². The number of benzene rings is 2. The maximum atomic E-state index is 13.9. The number of nitrogens with zero attached hydrogens (tertiary/aromatic N) is 1. The van der Waals surface area contributed by atoms with Crippen LogP contribution in [0.25, 0.3) is 0 Å². The number of fused-ring (bicyclic) bond motifs is 1. The van der Waals surface area contributed by atoms with Gasteiger partial charge in [0.25, 0.3) is 0 Å². The van der Waals surface area contributed by atoms with Crippen LogP contribution in [0.15, 0.2) is 71.2 Å². The van der Waals surface area contributed by atoms with Gasteiger partial charge in [-0.05, 0) is 67.5 Å². The van der Waals surface area contributed by atoms with Crippen LogP contribution in [0.3, 0.4) is 0 Å². The minimum absolute atomic E-state index is 0.106. The fourth-order valence-electron chi connectivity index (χ4n) is 4.52. The Balaban J connectivity index is 1.68. The number of nitrogens with one attached hydrogen (secondary N) is 2. The van der Waals surface area contributed by atoms with Gasteiger partial charge in [0.1, 0.15) is 6.04 Å². The molecule has 32 heavy (non-hydrogen) atoms. The Bertz CT molecular complexity index is 1230. The number of aryl methyl sites for hydroxylation is 2. The van der Waals surface area contributed by atoms with E-state index < -0.39 is 6.04 Å². The van der Waals surface area contributed by atoms with Gasteiger partial charge in [0, 0.05) is 28.3 Å². The zero-order chi connectivity index (χ0) is 22.2. The second kappa shape index (κ2) is 8.28. The van der Waals surface area contributed by atoms with Gasteiger partial charge in [0.15, 0.2) is 5.78 Å². The van der Waals surface area contributed by atoms with E-state index in [2.05, 4.69) is 10.6 Å². The molecule has 6 heteroatoms. The van der Waals surface area contributed by atoms with Crippen LogP contribution in [0.4, 0.5) is 21.9 Å². The van der Waals surface area contributed by atoms with Gasteiger partial charge in [-0.2, -0.15) is 0 Å². The number of urea groups is 1. The Morgan fingerprint density at radius 3 is 2.75 bits per heavy atom. The molecule has 5 rings (SSSR count). The average Bonchev–Trinajstić information content (AvgIpc) is 3.25. The maximum absolute atomic E-state index is 13.9. The predicted octanol–water partition coefficient (Wildman–Crippen LogP) is 6.58. The Labute approximate surface area is 191 Å². The molecule has 0 radical (unpaired) electrons. The molecule has 0 saturated heterocycles. The molecule has 0 fully saturated rings. The van der Waals surface area contributed by atoms with Crippen molar-refractivity contribution >= 4 is 40.2 Å². The summed E-state index contributed by atoms with van der Waals surface area (Å²) < 4.78 is 0. The highest BCUT2D eigenvalue weighted by atomic mass is 32.1. The number of carbonyl (C=O) groups excluding carboxylic acids is 2. The highest BCUT2D eigenvalue weighted by Gasteiger charge is 2.40. The van der Waals surface area contributed by atoms with Crippen LogP contribution >= 0.6 is 11.3 Å². The molecule has 5 nitrogen and oxygen atoms in total. The van der Waals surface area contributed by atoms with Crippen LogP contribution < -0.4 is 15.5 Å². The molecule has 1 aliphatic heterocycles. The molecule has 3 aromatic rings. The van der Waals surface area contributed by atoms with E-state index in [9.17, 15) is 9.59 Å². The highest BCUT2D eigenvalue weighted by Crippen LogP contribution is 2.46. The van der Waals surface area contributed by atoms with Crippen molar-refractivity contribution in [3.63, 3.8) is 0 Å². The first-order chi connectivity index (χ1) is 15.5. The fourth-order valence-corrected chi connectivity index (χ4v) is 5.34. The third kappa shape index (κ3) is 3.60. The van der Waals surface area contributed by atoms with Gasteiger partial charge >= 0.3 is 6.03 Å². The summed E-state index contributed by atoms with van der Waals surface area (Å²) in [5.41, 5.74) is 6.07. The van der Waals surface area contributed by atoms with Crippen molar-refractivity contribution in [2.24, 2.45) is 0 Å². The first-order valence-electron chi connectivity index (χ1n) is 10.9. The molecule has 2 N–H and O–H groups in total. The Morgan fingerprint density at radius 2 is 1.94 bits per heavy atom. The van der Waals surface area contributed by atoms with E-state index in [4.69, 9.17) is 0 Å². The van der Waals surface area contributed by atoms with Crippen LogP contribution in [-0.4, -0.2) is 11.8 Å². The molecule has 1 unspecified atom stereocenters. The van der Waals surface area contributed by atoms with E-state index in [-0.39, 0.29) is 11.8 Å². The quantitative estimate of drug-likeness (QED) is 0.470. The normalized spacial score (nSPS) is 17.9. The van der Waals surface area contributed by atoms with Crippen LogP contribution in [0, 0.1) is 13.8 Å². The lowest BCUT2D eigenvalue weighted by Crippen LogP contribution is -2.40. The van der Waals surface area contributed by atoms with Crippen molar-refractivity contribution in [2.75, 3.05) is 15.5 Å². The van der Waals surface area contributed by atoms with E-state index in [0.29, 0.717) is 12.0 Å². The average molecular weight is 444 g/mol. The third-order valence-corrected chi connectivity index (χ3v) is 7.03. The minimum atomic E-state index is -0.473.